The van der Waals surface area contributed by atoms with Crippen molar-refractivity contribution < 1.29 is 4.74 Å². The molecule has 3 aliphatic carbocycles. The van der Waals surface area contributed by atoms with Crippen molar-refractivity contribution in [2.75, 3.05) is 13.2 Å². The summed E-state index contributed by atoms with van der Waals surface area (Å²) >= 11 is 6.64. The summed E-state index contributed by atoms with van der Waals surface area (Å²) < 4.78 is 6.47. The summed E-state index contributed by atoms with van der Waals surface area (Å²) in [6.45, 7) is 5.82. The van der Waals surface area contributed by atoms with Crippen molar-refractivity contribution in [2.24, 2.45) is 17.8 Å². The molecule has 3 fully saturated rings. The zero-order valence-corrected chi connectivity index (χ0v) is 17.9. The van der Waals surface area contributed by atoms with Crippen LogP contribution in [-0.2, 0) is 4.74 Å². The molecule has 1 saturated heterocycles. The van der Waals surface area contributed by atoms with Gasteiger partial charge in [-0.25, -0.2) is 0 Å². The van der Waals surface area contributed by atoms with Crippen LogP contribution in [0.3, 0.4) is 0 Å². The van der Waals surface area contributed by atoms with Gasteiger partial charge in [0.1, 0.15) is 0 Å². The van der Waals surface area contributed by atoms with Crippen LogP contribution in [0.1, 0.15) is 52.4 Å². The fourth-order valence-electron chi connectivity index (χ4n) is 5.34. The van der Waals surface area contributed by atoms with Crippen molar-refractivity contribution in [1.29, 1.82) is 5.41 Å². The molecule has 0 aromatic heterocycles. The molecule has 150 valence electrons. The van der Waals surface area contributed by atoms with Gasteiger partial charge < -0.3 is 15.0 Å². The van der Waals surface area contributed by atoms with Crippen LogP contribution in [0.25, 0.3) is 0 Å². The topological polar surface area (TPSA) is 36.3 Å². The molecule has 0 aromatic rings. The smallest absolute Gasteiger partial charge is 0.182 e. The maximum absolute atomic E-state index is 9.12. The minimum Gasteiger partial charge on any atom is -0.373 e. The van der Waals surface area contributed by atoms with Crippen molar-refractivity contribution in [3.8, 4) is 0 Å². The normalized spacial score (nSPS) is 35.8. The molecule has 4 aliphatic rings. The number of halogens is 1. The van der Waals surface area contributed by atoms with Gasteiger partial charge in [-0.1, -0.05) is 42.7 Å². The summed E-state index contributed by atoms with van der Waals surface area (Å²) in [6.07, 6.45) is 13.3. The molecule has 1 heterocycles. The van der Waals surface area contributed by atoms with E-state index in [-0.39, 0.29) is 17.4 Å². The van der Waals surface area contributed by atoms with Gasteiger partial charge in [0, 0.05) is 17.7 Å². The lowest BCUT2D eigenvalue weighted by Gasteiger charge is -2.31. The maximum atomic E-state index is 9.12. The molecule has 0 aromatic carbocycles. The molecular weight excluding hydrogens is 367 g/mol. The van der Waals surface area contributed by atoms with E-state index >= 15 is 0 Å². The number of hydrogen-bond donors (Lipinski definition) is 1. The molecule has 5 unspecified atom stereocenters. The lowest BCUT2D eigenvalue weighted by molar-refractivity contribution is 0.0255. The Labute approximate surface area is 176 Å². The number of nitrogens with one attached hydrogen (secondary N) is 1. The zero-order valence-electron chi connectivity index (χ0n) is 17.2. The number of alkyl halides is 1. The van der Waals surface area contributed by atoms with Gasteiger partial charge in [-0.3, -0.25) is 0 Å². The SMILES string of the molecule is [B]N1CC2CC1CC2OC/C(C(=N)C1C(C)=CC=CC1Cl)=C(\CCC)C1CC1. The summed E-state index contributed by atoms with van der Waals surface area (Å²) in [5.41, 5.74) is 4.45. The Balaban J connectivity index is 1.54. The number of rotatable bonds is 8. The fraction of sp³-hybridized carbons (Fsp3) is 0.696. The highest BCUT2D eigenvalue weighted by molar-refractivity contribution is 6.25. The first kappa shape index (κ1) is 20.4. The van der Waals surface area contributed by atoms with E-state index < -0.39 is 0 Å². The highest BCUT2D eigenvalue weighted by atomic mass is 35.5. The Morgan fingerprint density at radius 1 is 1.36 bits per heavy atom. The molecule has 28 heavy (non-hydrogen) atoms. The third-order valence-corrected chi connectivity index (χ3v) is 7.43. The van der Waals surface area contributed by atoms with Gasteiger partial charge in [-0.2, -0.15) is 0 Å². The van der Waals surface area contributed by atoms with Crippen molar-refractivity contribution in [2.45, 2.75) is 69.9 Å². The van der Waals surface area contributed by atoms with Gasteiger partial charge in [0.05, 0.1) is 18.1 Å². The lowest BCUT2D eigenvalue weighted by atomic mass is 9.82. The minimum absolute atomic E-state index is 0.0459. The van der Waals surface area contributed by atoms with Gasteiger partial charge >= 0.3 is 0 Å². The fourth-order valence-corrected chi connectivity index (χ4v) is 5.74. The summed E-state index contributed by atoms with van der Waals surface area (Å²) in [7, 11) is 6.06. The van der Waals surface area contributed by atoms with Gasteiger partial charge in [0.25, 0.3) is 0 Å². The molecule has 1 aliphatic heterocycles. The molecule has 0 amide bonds. The van der Waals surface area contributed by atoms with E-state index in [1.54, 1.807) is 0 Å². The first-order chi connectivity index (χ1) is 13.5. The Morgan fingerprint density at radius 3 is 2.71 bits per heavy atom. The van der Waals surface area contributed by atoms with E-state index in [1.165, 1.54) is 24.0 Å². The van der Waals surface area contributed by atoms with Crippen molar-refractivity contribution >= 4 is 25.3 Å². The largest absolute Gasteiger partial charge is 0.373 e. The summed E-state index contributed by atoms with van der Waals surface area (Å²) in [5.74, 6) is 1.15. The van der Waals surface area contributed by atoms with Gasteiger partial charge in [0.15, 0.2) is 7.98 Å². The van der Waals surface area contributed by atoms with Gasteiger partial charge in [-0.05, 0) is 63.0 Å². The van der Waals surface area contributed by atoms with Crippen LogP contribution in [-0.4, -0.2) is 49.2 Å². The standard InChI is InChI=1S/C23H32BClN2O/c1-3-5-18(15-8-9-15)19(23(26)22-14(2)6-4-7-20(22)25)13-28-21-11-17-10-16(21)12-27(17)24/h4,6-7,15-17,20-22,26H,3,5,8-13H2,1-2H3/b19-18-,26-23?. The van der Waals surface area contributed by atoms with Crippen molar-refractivity contribution in [3.05, 3.63) is 34.9 Å². The van der Waals surface area contributed by atoms with Crippen LogP contribution in [0.2, 0.25) is 0 Å². The maximum Gasteiger partial charge on any atom is 0.182 e. The minimum atomic E-state index is -0.150. The summed E-state index contributed by atoms with van der Waals surface area (Å²) in [5, 5.41) is 8.97. The Bertz CT molecular complexity index is 709. The number of fused-ring (bicyclic) bond motifs is 2. The van der Waals surface area contributed by atoms with Crippen LogP contribution < -0.4 is 0 Å². The number of hydrogen-bond acceptors (Lipinski definition) is 3. The number of piperidine rings is 1. The van der Waals surface area contributed by atoms with Crippen LogP contribution in [0.15, 0.2) is 34.9 Å². The second kappa shape index (κ2) is 8.49. The average molecular weight is 399 g/mol. The summed E-state index contributed by atoms with van der Waals surface area (Å²) in [6, 6.07) is 0.473. The number of allylic oxidation sites excluding steroid dienone is 5. The van der Waals surface area contributed by atoms with E-state index in [2.05, 4.69) is 19.9 Å². The molecule has 0 spiro atoms. The molecule has 4 rings (SSSR count). The molecule has 1 N–H and O–H groups in total. The zero-order chi connectivity index (χ0) is 19.8. The quantitative estimate of drug-likeness (QED) is 0.361. The Kier molecular flexibility index (Phi) is 6.20. The first-order valence-corrected chi connectivity index (χ1v) is 11.4. The lowest BCUT2D eigenvalue weighted by Crippen LogP contribution is -2.37. The van der Waals surface area contributed by atoms with Gasteiger partial charge in [0.2, 0.25) is 0 Å². The number of ether oxygens (including phenoxy) is 1. The summed E-state index contributed by atoms with van der Waals surface area (Å²) in [4.78, 5) is 1.98. The Morgan fingerprint density at radius 2 is 2.14 bits per heavy atom. The predicted molar refractivity (Wildman–Crippen MR) is 117 cm³/mol. The van der Waals surface area contributed by atoms with Crippen molar-refractivity contribution in [3.63, 3.8) is 0 Å². The monoisotopic (exact) mass is 398 g/mol. The highest BCUT2D eigenvalue weighted by Gasteiger charge is 2.43. The van der Waals surface area contributed by atoms with E-state index in [4.69, 9.17) is 29.7 Å². The number of nitrogens with zero attached hydrogens (tertiary/aromatic N) is 1. The van der Waals surface area contributed by atoms with E-state index in [9.17, 15) is 0 Å². The highest BCUT2D eigenvalue weighted by Crippen LogP contribution is 2.43. The Hall–Kier alpha value is -0.835. The molecule has 2 bridgehead atoms. The first-order valence-electron chi connectivity index (χ1n) is 10.9. The van der Waals surface area contributed by atoms with Crippen LogP contribution in [0, 0.1) is 23.2 Å². The molecular formula is C23H32BClN2O. The second-order valence-corrected chi connectivity index (χ2v) is 9.59. The molecule has 2 saturated carbocycles. The van der Waals surface area contributed by atoms with Crippen LogP contribution in [0.4, 0.5) is 0 Å². The van der Waals surface area contributed by atoms with E-state index in [0.29, 0.717) is 30.2 Å². The van der Waals surface area contributed by atoms with Gasteiger partial charge in [-0.15, -0.1) is 11.6 Å². The third-order valence-electron chi connectivity index (χ3n) is 7.04. The third kappa shape index (κ3) is 4.06. The predicted octanol–water partition coefficient (Wildman–Crippen LogP) is 4.82. The molecule has 5 heteroatoms. The second-order valence-electron chi connectivity index (χ2n) is 9.09. The molecule has 3 nitrogen and oxygen atoms in total. The van der Waals surface area contributed by atoms with Crippen LogP contribution in [0.5, 0.6) is 0 Å². The van der Waals surface area contributed by atoms with Crippen molar-refractivity contribution in [1.82, 2.24) is 4.81 Å². The molecule has 5 atom stereocenters. The van der Waals surface area contributed by atoms with E-state index in [1.807, 2.05) is 17.0 Å². The van der Waals surface area contributed by atoms with E-state index in [0.717, 1.165) is 37.8 Å². The molecule has 2 radical (unpaired) electrons. The average Bonchev–Trinajstić information content (AvgIpc) is 3.33. The van der Waals surface area contributed by atoms with Crippen LogP contribution >= 0.6 is 11.6 Å².